The third kappa shape index (κ3) is 3.29. The molecule has 4 heterocycles. The summed E-state index contributed by atoms with van der Waals surface area (Å²) in [5, 5.41) is 9.33. The minimum Gasteiger partial charge on any atom is -0.458 e. The van der Waals surface area contributed by atoms with Crippen molar-refractivity contribution in [3.63, 3.8) is 0 Å². The van der Waals surface area contributed by atoms with Crippen molar-refractivity contribution in [2.24, 2.45) is 10.9 Å². The number of carbonyl (C=O) groups excluding carboxylic acids is 1. The first-order chi connectivity index (χ1) is 15.3. The van der Waals surface area contributed by atoms with E-state index in [1.54, 1.807) is 10.6 Å². The van der Waals surface area contributed by atoms with Crippen LogP contribution in [0.2, 0.25) is 0 Å². The van der Waals surface area contributed by atoms with Gasteiger partial charge in [0.25, 0.3) is 5.56 Å². The number of aromatic nitrogens is 1. The van der Waals surface area contributed by atoms with Crippen LogP contribution in [-0.4, -0.2) is 46.7 Å². The smallest absolute Gasteiger partial charge is 0.343 e. The SMILES string of the molecule is C=CC1N=C2C(=CC1C)C(OCCO)n1c2cc2c(c1=O)COC(=O)[C@@]2(CC)OC(C)C. The maximum atomic E-state index is 13.7. The molecule has 8 nitrogen and oxygen atoms in total. The van der Waals surface area contributed by atoms with Gasteiger partial charge in [-0.1, -0.05) is 26.0 Å². The Bertz CT molecular complexity index is 1070. The van der Waals surface area contributed by atoms with Crippen molar-refractivity contribution in [2.45, 2.75) is 64.7 Å². The first-order valence-corrected chi connectivity index (χ1v) is 11.1. The highest BCUT2D eigenvalue weighted by molar-refractivity contribution is 6.15. The van der Waals surface area contributed by atoms with Gasteiger partial charge in [0, 0.05) is 17.1 Å². The normalized spacial score (nSPS) is 28.4. The van der Waals surface area contributed by atoms with Gasteiger partial charge in [0.05, 0.1) is 42.3 Å². The molecule has 4 rings (SSSR count). The Balaban J connectivity index is 1.99. The van der Waals surface area contributed by atoms with Crippen LogP contribution >= 0.6 is 0 Å². The van der Waals surface area contributed by atoms with Crippen LogP contribution in [0.3, 0.4) is 0 Å². The van der Waals surface area contributed by atoms with E-state index in [0.717, 1.165) is 5.57 Å². The molecule has 1 N–H and O–H groups in total. The van der Waals surface area contributed by atoms with Crippen LogP contribution in [0.1, 0.15) is 57.2 Å². The largest absolute Gasteiger partial charge is 0.458 e. The number of dihydropyridines is 1. The first-order valence-electron chi connectivity index (χ1n) is 11.1. The summed E-state index contributed by atoms with van der Waals surface area (Å²) in [5.74, 6) is -0.411. The first kappa shape index (κ1) is 22.6. The van der Waals surface area contributed by atoms with Gasteiger partial charge in [-0.15, -0.1) is 6.58 Å². The Morgan fingerprint density at radius 2 is 2.19 bits per heavy atom. The van der Waals surface area contributed by atoms with E-state index in [9.17, 15) is 14.7 Å². The molecule has 3 aliphatic rings. The van der Waals surface area contributed by atoms with Gasteiger partial charge >= 0.3 is 5.97 Å². The number of hydrogen-bond donors (Lipinski definition) is 1. The third-order valence-corrected chi connectivity index (χ3v) is 6.27. The summed E-state index contributed by atoms with van der Waals surface area (Å²) in [4.78, 5) is 31.5. The number of rotatable bonds is 7. The standard InChI is InChI=1S/C24H30N2O6/c1-6-18-14(5)10-15-20(25-18)19-11-17-16(21(28)26(19)22(15)30-9-8-27)12-31-23(29)24(17,7-2)32-13(3)4/h6,10-11,13-14,18,22,27H,1,7-9,12H2,2-5H3/t14?,18?,22?,24-/m0/s1. The number of hydrogen-bond acceptors (Lipinski definition) is 7. The van der Waals surface area contributed by atoms with Crippen LogP contribution in [0.4, 0.5) is 0 Å². The van der Waals surface area contributed by atoms with Gasteiger partial charge in [-0.3, -0.25) is 14.4 Å². The molecule has 0 spiro atoms. The average molecular weight is 443 g/mol. The number of esters is 1. The van der Waals surface area contributed by atoms with Gasteiger partial charge in [0.2, 0.25) is 0 Å². The van der Waals surface area contributed by atoms with Crippen molar-refractivity contribution < 1.29 is 24.1 Å². The van der Waals surface area contributed by atoms with Gasteiger partial charge in [-0.2, -0.15) is 0 Å². The molecule has 8 heteroatoms. The Hall–Kier alpha value is -2.55. The molecule has 0 saturated carbocycles. The van der Waals surface area contributed by atoms with Crippen molar-refractivity contribution in [1.82, 2.24) is 4.57 Å². The quantitative estimate of drug-likeness (QED) is 0.514. The summed E-state index contributed by atoms with van der Waals surface area (Å²) in [6.07, 6.45) is 3.19. The predicted octanol–water partition coefficient (Wildman–Crippen LogP) is 2.38. The number of aliphatic hydroxyl groups excluding tert-OH is 1. The van der Waals surface area contributed by atoms with E-state index in [-0.39, 0.29) is 43.4 Å². The Labute approximate surface area is 187 Å². The van der Waals surface area contributed by atoms with E-state index >= 15 is 0 Å². The number of aliphatic imine (C=N–C) groups is 1. The molecular weight excluding hydrogens is 412 g/mol. The van der Waals surface area contributed by atoms with Crippen molar-refractivity contribution in [3.8, 4) is 0 Å². The van der Waals surface area contributed by atoms with Crippen molar-refractivity contribution in [1.29, 1.82) is 0 Å². The highest BCUT2D eigenvalue weighted by atomic mass is 16.6. The lowest BCUT2D eigenvalue weighted by molar-refractivity contribution is -0.187. The lowest BCUT2D eigenvalue weighted by Gasteiger charge is -2.37. The fraction of sp³-hybridized carbons (Fsp3) is 0.542. The third-order valence-electron chi connectivity index (χ3n) is 6.27. The van der Waals surface area contributed by atoms with Crippen molar-refractivity contribution in [3.05, 3.63) is 57.5 Å². The molecule has 0 aliphatic carbocycles. The van der Waals surface area contributed by atoms with E-state index in [1.165, 1.54) is 0 Å². The van der Waals surface area contributed by atoms with E-state index in [2.05, 4.69) is 6.58 Å². The maximum Gasteiger partial charge on any atom is 0.343 e. The monoisotopic (exact) mass is 442 g/mol. The molecule has 172 valence electrons. The van der Waals surface area contributed by atoms with E-state index in [0.29, 0.717) is 29.0 Å². The fourth-order valence-electron chi connectivity index (χ4n) is 4.83. The van der Waals surface area contributed by atoms with Crippen molar-refractivity contribution in [2.75, 3.05) is 13.2 Å². The van der Waals surface area contributed by atoms with Gasteiger partial charge < -0.3 is 19.3 Å². The summed E-state index contributed by atoms with van der Waals surface area (Å²) in [6.45, 7) is 11.2. The Kier molecular flexibility index (Phi) is 5.96. The van der Waals surface area contributed by atoms with Gasteiger partial charge in [0.1, 0.15) is 6.61 Å². The number of carbonyl (C=O) groups is 1. The van der Waals surface area contributed by atoms with E-state index < -0.39 is 17.8 Å². The summed E-state index contributed by atoms with van der Waals surface area (Å²) in [5.41, 5.74) is 1.24. The van der Waals surface area contributed by atoms with Crippen LogP contribution in [-0.2, 0) is 31.2 Å². The minimum absolute atomic E-state index is 0.0713. The number of cyclic esters (lactones) is 1. The molecule has 0 amide bonds. The van der Waals surface area contributed by atoms with Crippen LogP contribution in [0.15, 0.2) is 40.2 Å². The summed E-state index contributed by atoms with van der Waals surface area (Å²) in [6, 6.07) is 1.69. The topological polar surface area (TPSA) is 99.4 Å². The zero-order valence-electron chi connectivity index (χ0n) is 19.0. The Morgan fingerprint density at radius 1 is 1.44 bits per heavy atom. The Morgan fingerprint density at radius 3 is 2.81 bits per heavy atom. The second-order valence-electron chi connectivity index (χ2n) is 8.65. The summed E-state index contributed by atoms with van der Waals surface area (Å²) in [7, 11) is 0. The van der Waals surface area contributed by atoms with E-state index in [4.69, 9.17) is 19.2 Å². The highest BCUT2D eigenvalue weighted by Gasteiger charge is 2.50. The van der Waals surface area contributed by atoms with Crippen LogP contribution < -0.4 is 5.56 Å². The molecule has 1 aromatic rings. The number of aliphatic hydroxyl groups is 1. The lowest BCUT2D eigenvalue weighted by Crippen LogP contribution is -2.48. The average Bonchev–Trinajstić information content (AvgIpc) is 3.06. The molecule has 32 heavy (non-hydrogen) atoms. The van der Waals surface area contributed by atoms with Crippen molar-refractivity contribution >= 4 is 11.7 Å². The molecule has 0 fully saturated rings. The lowest BCUT2D eigenvalue weighted by atomic mass is 9.85. The number of fused-ring (bicyclic) bond motifs is 4. The molecule has 1 aromatic heterocycles. The zero-order valence-corrected chi connectivity index (χ0v) is 19.0. The summed E-state index contributed by atoms with van der Waals surface area (Å²) < 4.78 is 19.0. The minimum atomic E-state index is -1.36. The molecule has 4 atom stereocenters. The molecule has 0 bridgehead atoms. The number of nitrogens with zero attached hydrogens (tertiary/aromatic N) is 2. The molecule has 3 aliphatic heterocycles. The van der Waals surface area contributed by atoms with Gasteiger partial charge in [-0.25, -0.2) is 4.79 Å². The second kappa shape index (κ2) is 8.42. The second-order valence-corrected chi connectivity index (χ2v) is 8.65. The molecule has 3 unspecified atom stereocenters. The maximum absolute atomic E-state index is 13.7. The van der Waals surface area contributed by atoms with E-state index in [1.807, 2.05) is 39.8 Å². The fourth-order valence-corrected chi connectivity index (χ4v) is 4.83. The highest BCUT2D eigenvalue weighted by Crippen LogP contribution is 2.42. The zero-order chi connectivity index (χ0) is 23.2. The van der Waals surface area contributed by atoms with Crippen LogP contribution in [0.25, 0.3) is 0 Å². The van der Waals surface area contributed by atoms with Crippen LogP contribution in [0, 0.1) is 5.92 Å². The predicted molar refractivity (Wildman–Crippen MR) is 119 cm³/mol. The molecule has 0 radical (unpaired) electrons. The molecule has 0 saturated heterocycles. The van der Waals surface area contributed by atoms with Crippen LogP contribution in [0.5, 0.6) is 0 Å². The molecular formula is C24H30N2O6. The summed E-state index contributed by atoms with van der Waals surface area (Å²) >= 11 is 0. The molecule has 0 aromatic carbocycles. The number of ether oxygens (including phenoxy) is 3. The van der Waals surface area contributed by atoms with Gasteiger partial charge in [0.15, 0.2) is 11.8 Å². The van der Waals surface area contributed by atoms with Gasteiger partial charge in [-0.05, 0) is 26.3 Å². The number of pyridine rings is 1.